The molecule has 0 radical (unpaired) electrons. The van der Waals surface area contributed by atoms with E-state index in [1.54, 1.807) is 38.1 Å². The van der Waals surface area contributed by atoms with Crippen LogP contribution in [0.4, 0.5) is 5.69 Å². The molecule has 0 aliphatic heterocycles. The summed E-state index contributed by atoms with van der Waals surface area (Å²) in [4.78, 5) is 0. The molecule has 2 aromatic rings. The topological polar surface area (TPSA) is 67.8 Å². The third-order valence-corrected chi connectivity index (χ3v) is 6.31. The molecule has 0 saturated carbocycles. The Morgan fingerprint density at radius 2 is 1.58 bits per heavy atom. The highest BCUT2D eigenvalue weighted by atomic mass is 127. The van der Waals surface area contributed by atoms with Crippen molar-refractivity contribution in [3.8, 4) is 5.75 Å². The summed E-state index contributed by atoms with van der Waals surface area (Å²) in [5.74, 6) is -0.521. The Labute approximate surface area is 156 Å². The molecule has 0 aliphatic carbocycles. The van der Waals surface area contributed by atoms with Crippen LogP contribution in [0.3, 0.4) is 0 Å². The normalized spacial score (nSPS) is 12.8. The van der Waals surface area contributed by atoms with Crippen LogP contribution in [0.5, 0.6) is 5.75 Å². The van der Waals surface area contributed by atoms with E-state index in [0.717, 1.165) is 14.8 Å². The number of halogens is 1. The quantitative estimate of drug-likeness (QED) is 0.409. The predicted octanol–water partition coefficient (Wildman–Crippen LogP) is 5.37. The van der Waals surface area contributed by atoms with Gasteiger partial charge in [-0.1, -0.05) is 12.1 Å². The lowest BCUT2D eigenvalue weighted by Gasteiger charge is -2.28. The Morgan fingerprint density at radius 1 is 1.04 bits per heavy atom. The Balaban J connectivity index is 2.41. The summed E-state index contributed by atoms with van der Waals surface area (Å²) in [5.41, 5.74) is 1.53. The number of nitrogens with one attached hydrogen (secondary N) is 1. The summed E-state index contributed by atoms with van der Waals surface area (Å²) >= 11 is 2.23. The maximum atomic E-state index is 13.3. The number of rotatable bonds is 8. The van der Waals surface area contributed by atoms with Gasteiger partial charge in [-0.2, -0.15) is 0 Å². The van der Waals surface area contributed by atoms with Gasteiger partial charge in [0.25, 0.3) is 0 Å². The van der Waals surface area contributed by atoms with Crippen LogP contribution in [0.2, 0.25) is 0 Å². The molecule has 0 bridgehead atoms. The highest BCUT2D eigenvalue weighted by Crippen LogP contribution is 2.60. The number of aromatic hydroxyl groups is 1. The van der Waals surface area contributed by atoms with Crippen molar-refractivity contribution in [2.45, 2.75) is 19.6 Å². The van der Waals surface area contributed by atoms with Gasteiger partial charge in [0.1, 0.15) is 5.75 Å². The number of hydrogen-bond donors (Lipinski definition) is 2. The second-order valence-corrected chi connectivity index (χ2v) is 8.38. The standard InChI is InChI=1S/C17H21INO4P/c1-3-22-24(21,23-4-2)17(13-5-11-16(20)12-6-13)19-15-9-7-14(18)8-10-15/h5-12,17,19-20H,3-4H2,1-2H3. The van der Waals surface area contributed by atoms with Gasteiger partial charge in [-0.15, -0.1) is 0 Å². The van der Waals surface area contributed by atoms with E-state index in [1.807, 2.05) is 24.3 Å². The van der Waals surface area contributed by atoms with Gasteiger partial charge in [-0.25, -0.2) is 0 Å². The molecule has 2 N–H and O–H groups in total. The highest BCUT2D eigenvalue weighted by molar-refractivity contribution is 14.1. The maximum Gasteiger partial charge on any atom is 0.357 e. The third-order valence-electron chi connectivity index (χ3n) is 3.29. The van der Waals surface area contributed by atoms with Crippen molar-refractivity contribution in [1.29, 1.82) is 0 Å². The van der Waals surface area contributed by atoms with Crippen LogP contribution in [0.25, 0.3) is 0 Å². The molecular weight excluding hydrogens is 440 g/mol. The lowest BCUT2D eigenvalue weighted by Crippen LogP contribution is -2.15. The molecule has 24 heavy (non-hydrogen) atoms. The Hall–Kier alpha value is -1.08. The largest absolute Gasteiger partial charge is 0.508 e. The molecule has 0 heterocycles. The van der Waals surface area contributed by atoms with Crippen LogP contribution in [-0.2, 0) is 13.6 Å². The van der Waals surface area contributed by atoms with Crippen molar-refractivity contribution in [1.82, 2.24) is 0 Å². The number of hydrogen-bond acceptors (Lipinski definition) is 5. The molecule has 0 saturated heterocycles. The lowest BCUT2D eigenvalue weighted by molar-refractivity contribution is 0.214. The van der Waals surface area contributed by atoms with Crippen LogP contribution in [0, 0.1) is 3.57 Å². The van der Waals surface area contributed by atoms with Gasteiger partial charge < -0.3 is 19.5 Å². The van der Waals surface area contributed by atoms with Crippen molar-refractivity contribution < 1.29 is 18.7 Å². The summed E-state index contributed by atoms with van der Waals surface area (Å²) in [6.45, 7) is 4.12. The van der Waals surface area contributed by atoms with E-state index in [4.69, 9.17) is 9.05 Å². The van der Waals surface area contributed by atoms with Crippen molar-refractivity contribution >= 4 is 35.9 Å². The molecule has 0 aliphatic rings. The van der Waals surface area contributed by atoms with Gasteiger partial charge in [-0.3, -0.25) is 4.57 Å². The van der Waals surface area contributed by atoms with Crippen LogP contribution >= 0.6 is 30.2 Å². The first-order valence-electron chi connectivity index (χ1n) is 7.68. The molecule has 2 rings (SSSR count). The molecule has 0 amide bonds. The average molecular weight is 461 g/mol. The summed E-state index contributed by atoms with van der Waals surface area (Å²) in [5, 5.41) is 12.8. The van der Waals surface area contributed by atoms with E-state index >= 15 is 0 Å². The second kappa shape index (κ2) is 8.85. The minimum absolute atomic E-state index is 0.148. The summed E-state index contributed by atoms with van der Waals surface area (Å²) in [6, 6.07) is 14.3. The van der Waals surface area contributed by atoms with Crippen molar-refractivity contribution in [2.24, 2.45) is 0 Å². The number of anilines is 1. The zero-order chi connectivity index (χ0) is 17.6. The molecule has 5 nitrogen and oxygen atoms in total. The SMILES string of the molecule is CCOP(=O)(OCC)C(Nc1ccc(I)cc1)c1ccc(O)cc1. The Kier molecular flexibility index (Phi) is 7.10. The molecule has 0 spiro atoms. The predicted molar refractivity (Wildman–Crippen MR) is 104 cm³/mol. The molecule has 1 atom stereocenters. The van der Waals surface area contributed by atoms with Gasteiger partial charge in [0.05, 0.1) is 13.2 Å². The zero-order valence-corrected chi connectivity index (χ0v) is 16.7. The first-order valence-corrected chi connectivity index (χ1v) is 10.4. The molecular formula is C17H21INO4P. The molecule has 1 unspecified atom stereocenters. The van der Waals surface area contributed by atoms with Gasteiger partial charge in [-0.05, 0) is 78.4 Å². The van der Waals surface area contributed by atoms with E-state index in [2.05, 4.69) is 27.9 Å². The van der Waals surface area contributed by atoms with Crippen LogP contribution in [0.1, 0.15) is 25.2 Å². The second-order valence-electron chi connectivity index (χ2n) is 5.02. The number of benzene rings is 2. The Bertz CT molecular complexity index is 681. The molecule has 7 heteroatoms. The number of phenolic OH excluding ortho intramolecular Hbond substituents is 1. The van der Waals surface area contributed by atoms with E-state index in [-0.39, 0.29) is 19.0 Å². The van der Waals surface area contributed by atoms with Crippen LogP contribution < -0.4 is 5.32 Å². The number of phenols is 1. The van der Waals surface area contributed by atoms with Gasteiger partial charge >= 0.3 is 7.60 Å². The van der Waals surface area contributed by atoms with E-state index in [0.29, 0.717) is 0 Å². The monoisotopic (exact) mass is 461 g/mol. The first kappa shape index (κ1) is 19.2. The third kappa shape index (κ3) is 4.96. The minimum Gasteiger partial charge on any atom is -0.508 e. The Morgan fingerprint density at radius 3 is 2.08 bits per heavy atom. The van der Waals surface area contributed by atoms with Gasteiger partial charge in [0.15, 0.2) is 5.78 Å². The van der Waals surface area contributed by atoms with Gasteiger partial charge in [0.2, 0.25) is 0 Å². The summed E-state index contributed by atoms with van der Waals surface area (Å²) in [6.07, 6.45) is 0. The maximum absolute atomic E-state index is 13.3. The minimum atomic E-state index is -3.44. The molecule has 2 aromatic carbocycles. The molecule has 0 fully saturated rings. The van der Waals surface area contributed by atoms with Crippen molar-refractivity contribution in [2.75, 3.05) is 18.5 Å². The molecule has 0 aromatic heterocycles. The van der Waals surface area contributed by atoms with E-state index in [9.17, 15) is 9.67 Å². The molecule has 130 valence electrons. The fourth-order valence-corrected chi connectivity index (χ4v) is 4.55. The van der Waals surface area contributed by atoms with Gasteiger partial charge in [0, 0.05) is 9.26 Å². The zero-order valence-electron chi connectivity index (χ0n) is 13.6. The van der Waals surface area contributed by atoms with E-state index < -0.39 is 13.4 Å². The van der Waals surface area contributed by atoms with Crippen LogP contribution in [-0.4, -0.2) is 18.3 Å². The average Bonchev–Trinajstić information content (AvgIpc) is 2.56. The summed E-state index contributed by atoms with van der Waals surface area (Å²) in [7, 11) is -3.44. The lowest BCUT2D eigenvalue weighted by atomic mass is 10.2. The van der Waals surface area contributed by atoms with Crippen LogP contribution in [0.15, 0.2) is 48.5 Å². The van der Waals surface area contributed by atoms with E-state index in [1.165, 1.54) is 0 Å². The highest BCUT2D eigenvalue weighted by Gasteiger charge is 2.37. The summed E-state index contributed by atoms with van der Waals surface area (Å²) < 4.78 is 25.4. The van der Waals surface area contributed by atoms with Crippen molar-refractivity contribution in [3.05, 3.63) is 57.7 Å². The fourth-order valence-electron chi connectivity index (χ4n) is 2.25. The fraction of sp³-hybridized carbons (Fsp3) is 0.294. The smallest absolute Gasteiger partial charge is 0.357 e. The first-order chi connectivity index (χ1) is 11.5. The van der Waals surface area contributed by atoms with Crippen molar-refractivity contribution in [3.63, 3.8) is 0 Å².